The number of oxazole rings is 1. The predicted molar refractivity (Wildman–Crippen MR) is 180 cm³/mol. The lowest BCUT2D eigenvalue weighted by atomic mass is 9.91. The van der Waals surface area contributed by atoms with Crippen LogP contribution in [0, 0.1) is 0 Å². The zero-order valence-electron chi connectivity index (χ0n) is 23.3. The predicted octanol–water partition coefficient (Wildman–Crippen LogP) is 11.4. The molecule has 0 saturated heterocycles. The summed E-state index contributed by atoms with van der Waals surface area (Å²) in [6.45, 7) is 0. The molecule has 0 aliphatic rings. The van der Waals surface area contributed by atoms with Crippen molar-refractivity contribution < 1.29 is 4.42 Å². The summed E-state index contributed by atoms with van der Waals surface area (Å²) < 4.78 is 6.41. The Morgan fingerprint density at radius 1 is 0.395 bits per heavy atom. The van der Waals surface area contributed by atoms with E-state index in [1.807, 2.05) is 30.3 Å². The number of aromatic nitrogens is 1. The first kappa shape index (κ1) is 23.9. The number of rotatable bonds is 3. The van der Waals surface area contributed by atoms with Crippen molar-refractivity contribution in [3.63, 3.8) is 0 Å². The van der Waals surface area contributed by atoms with Gasteiger partial charge in [-0.15, -0.1) is 0 Å². The summed E-state index contributed by atoms with van der Waals surface area (Å²) in [6, 6.07) is 54.1. The highest BCUT2D eigenvalue weighted by atomic mass is 16.3. The molecule has 0 saturated carbocycles. The molecule has 8 aromatic carbocycles. The van der Waals surface area contributed by atoms with Crippen molar-refractivity contribution in [3.05, 3.63) is 152 Å². The van der Waals surface area contributed by atoms with Crippen LogP contribution in [0.15, 0.2) is 156 Å². The standard InChI is InChI=1S/C41H25NO/c1-2-9-27(10-3-1)41-42-38-22-20-26-17-18-32-24-29(19-21-34(32)39(26)40(38)43-41)28-12-8-13-30(23-28)37-25-31-11-4-5-14-33(31)35-15-6-7-16-36(35)37/h1-25H. The van der Waals surface area contributed by atoms with E-state index in [9.17, 15) is 0 Å². The van der Waals surface area contributed by atoms with Gasteiger partial charge in [0.2, 0.25) is 5.89 Å². The molecule has 200 valence electrons. The lowest BCUT2D eigenvalue weighted by molar-refractivity contribution is 0.623. The summed E-state index contributed by atoms with van der Waals surface area (Å²) in [4.78, 5) is 4.82. The topological polar surface area (TPSA) is 26.0 Å². The first-order valence-corrected chi connectivity index (χ1v) is 14.6. The monoisotopic (exact) mass is 547 g/mol. The Kier molecular flexibility index (Phi) is 5.23. The molecule has 1 heterocycles. The molecule has 0 bridgehead atoms. The molecule has 0 atom stereocenters. The summed E-state index contributed by atoms with van der Waals surface area (Å²) >= 11 is 0. The number of nitrogens with zero attached hydrogens (tertiary/aromatic N) is 1. The average Bonchev–Trinajstić information content (AvgIpc) is 3.53. The SMILES string of the molecule is c1ccc(-c2nc3ccc4ccc5cc(-c6cccc(-c7cc8ccccc8c8ccccc78)c6)ccc5c4c3o2)cc1. The Morgan fingerprint density at radius 2 is 1.07 bits per heavy atom. The zero-order chi connectivity index (χ0) is 28.3. The van der Waals surface area contributed by atoms with E-state index in [-0.39, 0.29) is 0 Å². The second-order valence-electron chi connectivity index (χ2n) is 11.2. The highest BCUT2D eigenvalue weighted by Gasteiger charge is 2.14. The van der Waals surface area contributed by atoms with Crippen LogP contribution in [0.2, 0.25) is 0 Å². The number of hydrogen-bond donors (Lipinski definition) is 0. The smallest absolute Gasteiger partial charge is 0.227 e. The molecule has 1 aromatic heterocycles. The zero-order valence-corrected chi connectivity index (χ0v) is 23.3. The molecule has 0 unspecified atom stereocenters. The molecule has 0 amide bonds. The van der Waals surface area contributed by atoms with Gasteiger partial charge in [0.1, 0.15) is 5.52 Å². The fraction of sp³-hybridized carbons (Fsp3) is 0. The molecule has 0 fully saturated rings. The van der Waals surface area contributed by atoms with Gasteiger partial charge in [0.05, 0.1) is 0 Å². The van der Waals surface area contributed by atoms with Crippen LogP contribution in [0.1, 0.15) is 0 Å². The highest BCUT2D eigenvalue weighted by molar-refractivity contribution is 6.18. The van der Waals surface area contributed by atoms with Crippen LogP contribution >= 0.6 is 0 Å². The minimum absolute atomic E-state index is 0.648. The maximum atomic E-state index is 6.41. The normalized spacial score (nSPS) is 11.7. The van der Waals surface area contributed by atoms with E-state index in [4.69, 9.17) is 9.40 Å². The molecule has 0 aliphatic carbocycles. The fourth-order valence-corrected chi connectivity index (χ4v) is 6.57. The Bertz CT molecular complexity index is 2510. The van der Waals surface area contributed by atoms with Gasteiger partial charge in [0, 0.05) is 10.9 Å². The summed E-state index contributed by atoms with van der Waals surface area (Å²) in [5, 5.41) is 9.70. The molecular weight excluding hydrogens is 522 g/mol. The van der Waals surface area contributed by atoms with E-state index in [0.717, 1.165) is 27.4 Å². The van der Waals surface area contributed by atoms with Gasteiger partial charge in [-0.1, -0.05) is 115 Å². The van der Waals surface area contributed by atoms with Gasteiger partial charge in [-0.05, 0) is 96.4 Å². The van der Waals surface area contributed by atoms with Gasteiger partial charge < -0.3 is 4.42 Å². The molecule has 9 rings (SSSR count). The van der Waals surface area contributed by atoms with Crippen LogP contribution in [0.5, 0.6) is 0 Å². The second-order valence-corrected chi connectivity index (χ2v) is 11.2. The van der Waals surface area contributed by atoms with Crippen molar-refractivity contribution >= 4 is 54.2 Å². The third-order valence-corrected chi connectivity index (χ3v) is 8.65. The molecule has 2 nitrogen and oxygen atoms in total. The van der Waals surface area contributed by atoms with Crippen molar-refractivity contribution in [2.45, 2.75) is 0 Å². The summed E-state index contributed by atoms with van der Waals surface area (Å²) in [5.41, 5.74) is 7.54. The van der Waals surface area contributed by atoms with Crippen molar-refractivity contribution in [1.29, 1.82) is 0 Å². The minimum atomic E-state index is 0.648. The van der Waals surface area contributed by atoms with Gasteiger partial charge in [-0.3, -0.25) is 0 Å². The quantitative estimate of drug-likeness (QED) is 0.206. The van der Waals surface area contributed by atoms with E-state index in [1.54, 1.807) is 0 Å². The van der Waals surface area contributed by atoms with Crippen molar-refractivity contribution in [2.24, 2.45) is 0 Å². The second kappa shape index (κ2) is 9.40. The van der Waals surface area contributed by atoms with Crippen molar-refractivity contribution in [1.82, 2.24) is 4.98 Å². The molecule has 2 heteroatoms. The number of benzene rings is 8. The number of fused-ring (bicyclic) bond motifs is 8. The lowest BCUT2D eigenvalue weighted by Gasteiger charge is -2.13. The van der Waals surface area contributed by atoms with E-state index < -0.39 is 0 Å². The van der Waals surface area contributed by atoms with Crippen LogP contribution in [0.25, 0.3) is 87.9 Å². The van der Waals surface area contributed by atoms with Crippen LogP contribution < -0.4 is 0 Å². The average molecular weight is 548 g/mol. The summed E-state index contributed by atoms with van der Waals surface area (Å²) in [5.74, 6) is 0.648. The van der Waals surface area contributed by atoms with Crippen molar-refractivity contribution in [2.75, 3.05) is 0 Å². The Labute approximate surface area is 248 Å². The molecule has 0 N–H and O–H groups in total. The third kappa shape index (κ3) is 3.84. The van der Waals surface area contributed by atoms with Crippen LogP contribution in [-0.2, 0) is 0 Å². The third-order valence-electron chi connectivity index (χ3n) is 8.65. The maximum absolute atomic E-state index is 6.41. The van der Waals surface area contributed by atoms with Crippen molar-refractivity contribution in [3.8, 4) is 33.7 Å². The van der Waals surface area contributed by atoms with E-state index >= 15 is 0 Å². The molecular formula is C41H25NO. The molecule has 43 heavy (non-hydrogen) atoms. The largest absolute Gasteiger partial charge is 0.435 e. The van der Waals surface area contributed by atoms with Crippen LogP contribution in [0.4, 0.5) is 0 Å². The first-order valence-electron chi connectivity index (χ1n) is 14.6. The first-order chi connectivity index (χ1) is 21.3. The Hall–Kier alpha value is -5.73. The van der Waals surface area contributed by atoms with E-state index in [1.165, 1.54) is 54.6 Å². The van der Waals surface area contributed by atoms with E-state index in [0.29, 0.717) is 5.89 Å². The Balaban J connectivity index is 1.19. The van der Waals surface area contributed by atoms with Crippen LogP contribution in [0.3, 0.4) is 0 Å². The van der Waals surface area contributed by atoms with Gasteiger partial charge in [0.15, 0.2) is 5.58 Å². The molecule has 0 aliphatic heterocycles. The van der Waals surface area contributed by atoms with Gasteiger partial charge >= 0.3 is 0 Å². The number of hydrogen-bond acceptors (Lipinski definition) is 2. The van der Waals surface area contributed by atoms with Crippen LogP contribution in [-0.4, -0.2) is 4.98 Å². The molecule has 9 aromatic rings. The fourth-order valence-electron chi connectivity index (χ4n) is 6.57. The highest BCUT2D eigenvalue weighted by Crippen LogP contribution is 2.39. The maximum Gasteiger partial charge on any atom is 0.227 e. The Morgan fingerprint density at radius 3 is 1.98 bits per heavy atom. The van der Waals surface area contributed by atoms with Gasteiger partial charge in [-0.2, -0.15) is 0 Å². The molecule has 0 spiro atoms. The molecule has 0 radical (unpaired) electrons. The minimum Gasteiger partial charge on any atom is -0.435 e. The lowest BCUT2D eigenvalue weighted by Crippen LogP contribution is -1.86. The van der Waals surface area contributed by atoms with E-state index in [2.05, 4.69) is 121 Å². The van der Waals surface area contributed by atoms with Gasteiger partial charge in [-0.25, -0.2) is 4.98 Å². The summed E-state index contributed by atoms with van der Waals surface area (Å²) in [6.07, 6.45) is 0. The van der Waals surface area contributed by atoms with Gasteiger partial charge in [0.25, 0.3) is 0 Å². The summed E-state index contributed by atoms with van der Waals surface area (Å²) in [7, 11) is 0.